The van der Waals surface area contributed by atoms with Crippen LogP contribution in [0, 0.1) is 0 Å². The molecule has 5 heteroatoms. The highest BCUT2D eigenvalue weighted by molar-refractivity contribution is 6.05. The van der Waals surface area contributed by atoms with Crippen LogP contribution in [0.2, 0.25) is 0 Å². The molecule has 0 bridgehead atoms. The molecule has 5 nitrogen and oxygen atoms in total. The maximum absolute atomic E-state index is 12.2. The lowest BCUT2D eigenvalue weighted by Crippen LogP contribution is -2.63. The zero-order valence-corrected chi connectivity index (χ0v) is 12.5. The summed E-state index contributed by atoms with van der Waals surface area (Å²) in [5.41, 5.74) is 7.81. The Balaban J connectivity index is 1.89. The molecule has 0 spiro atoms. The Morgan fingerprint density at radius 1 is 0.909 bits per heavy atom. The van der Waals surface area contributed by atoms with E-state index in [2.05, 4.69) is 0 Å². The maximum Gasteiger partial charge on any atom is 0.247 e. The van der Waals surface area contributed by atoms with Gasteiger partial charge in [0.15, 0.2) is 0 Å². The van der Waals surface area contributed by atoms with Gasteiger partial charge in [-0.2, -0.15) is 0 Å². The molecule has 2 N–H and O–H groups in total. The number of hydrogen-bond donors (Lipinski definition) is 1. The van der Waals surface area contributed by atoms with Crippen molar-refractivity contribution >= 4 is 11.6 Å². The van der Waals surface area contributed by atoms with Crippen molar-refractivity contribution in [3.05, 3.63) is 54.1 Å². The van der Waals surface area contributed by atoms with Crippen molar-refractivity contribution in [2.45, 2.75) is 12.1 Å². The van der Waals surface area contributed by atoms with Gasteiger partial charge in [0.25, 0.3) is 0 Å². The Hall–Kier alpha value is -2.53. The number of nitrogens with two attached hydrogens (primary N) is 1. The largest absolute Gasteiger partial charge is 0.497 e. The Kier molecular flexibility index (Phi) is 3.73. The van der Waals surface area contributed by atoms with Crippen molar-refractivity contribution in [3.63, 3.8) is 0 Å². The number of rotatable bonds is 4. The van der Waals surface area contributed by atoms with Crippen molar-refractivity contribution < 1.29 is 14.3 Å². The van der Waals surface area contributed by atoms with Crippen LogP contribution in [0.15, 0.2) is 48.5 Å². The van der Waals surface area contributed by atoms with Crippen LogP contribution >= 0.6 is 0 Å². The molecule has 0 aromatic heterocycles. The summed E-state index contributed by atoms with van der Waals surface area (Å²) in [5, 5.41) is 0. The number of hydrogen-bond acceptors (Lipinski definition) is 4. The second-order valence-corrected chi connectivity index (χ2v) is 5.15. The van der Waals surface area contributed by atoms with Crippen LogP contribution in [0.1, 0.15) is 11.6 Å². The number of benzene rings is 2. The van der Waals surface area contributed by atoms with Gasteiger partial charge >= 0.3 is 0 Å². The molecule has 2 atom stereocenters. The molecular weight excluding hydrogens is 280 g/mol. The van der Waals surface area contributed by atoms with Gasteiger partial charge < -0.3 is 20.1 Å². The monoisotopic (exact) mass is 298 g/mol. The van der Waals surface area contributed by atoms with Gasteiger partial charge in [-0.1, -0.05) is 12.1 Å². The molecule has 1 aliphatic rings. The molecule has 2 aromatic rings. The number of carbonyl (C=O) groups is 1. The van der Waals surface area contributed by atoms with Crippen LogP contribution in [0.5, 0.6) is 11.5 Å². The third kappa shape index (κ3) is 2.29. The molecular formula is C17H18N2O3. The first kappa shape index (κ1) is 14.4. The highest BCUT2D eigenvalue weighted by Gasteiger charge is 2.46. The summed E-state index contributed by atoms with van der Waals surface area (Å²) < 4.78 is 10.3. The van der Waals surface area contributed by atoms with E-state index in [-0.39, 0.29) is 11.9 Å². The second kappa shape index (κ2) is 5.69. The van der Waals surface area contributed by atoms with E-state index in [1.54, 1.807) is 19.1 Å². The second-order valence-electron chi connectivity index (χ2n) is 5.15. The molecule has 0 radical (unpaired) electrons. The molecule has 1 amide bonds. The van der Waals surface area contributed by atoms with Gasteiger partial charge in [0.05, 0.1) is 20.3 Å². The number of carbonyl (C=O) groups excluding carboxylic acids is 1. The molecule has 22 heavy (non-hydrogen) atoms. The summed E-state index contributed by atoms with van der Waals surface area (Å²) >= 11 is 0. The zero-order valence-electron chi connectivity index (χ0n) is 12.5. The van der Waals surface area contributed by atoms with Crippen LogP contribution in [0.3, 0.4) is 0 Å². The SMILES string of the molecule is COc1ccc(C2C(N)C(=O)N2c2ccc(OC)cc2)cc1. The number of anilines is 1. The van der Waals surface area contributed by atoms with Gasteiger partial charge in [-0.05, 0) is 42.0 Å². The Morgan fingerprint density at radius 2 is 1.41 bits per heavy atom. The smallest absolute Gasteiger partial charge is 0.247 e. The highest BCUT2D eigenvalue weighted by atomic mass is 16.5. The number of methoxy groups -OCH3 is 2. The van der Waals surface area contributed by atoms with E-state index < -0.39 is 6.04 Å². The Bertz CT molecular complexity index is 667. The van der Waals surface area contributed by atoms with Gasteiger partial charge in [-0.15, -0.1) is 0 Å². The lowest BCUT2D eigenvalue weighted by atomic mass is 9.88. The summed E-state index contributed by atoms with van der Waals surface area (Å²) in [6.45, 7) is 0. The molecule has 1 aliphatic heterocycles. The lowest BCUT2D eigenvalue weighted by molar-refractivity contribution is -0.126. The molecule has 3 rings (SSSR count). The lowest BCUT2D eigenvalue weighted by Gasteiger charge is -2.45. The first-order valence-electron chi connectivity index (χ1n) is 7.02. The Labute approximate surface area is 129 Å². The van der Waals surface area contributed by atoms with Gasteiger partial charge in [0.1, 0.15) is 17.5 Å². The minimum absolute atomic E-state index is 0.0778. The van der Waals surface area contributed by atoms with Crippen LogP contribution in [0.25, 0.3) is 0 Å². The van der Waals surface area contributed by atoms with Gasteiger partial charge in [-0.3, -0.25) is 4.79 Å². The molecule has 0 aliphatic carbocycles. The van der Waals surface area contributed by atoms with E-state index in [1.165, 1.54) is 0 Å². The van der Waals surface area contributed by atoms with E-state index in [1.807, 2.05) is 48.5 Å². The topological polar surface area (TPSA) is 64.8 Å². The van der Waals surface area contributed by atoms with Crippen molar-refractivity contribution in [2.24, 2.45) is 5.73 Å². The summed E-state index contributed by atoms with van der Waals surface area (Å²) in [4.78, 5) is 13.9. The maximum atomic E-state index is 12.2. The third-order valence-electron chi connectivity index (χ3n) is 3.95. The molecule has 114 valence electrons. The number of nitrogens with zero attached hydrogens (tertiary/aromatic N) is 1. The minimum Gasteiger partial charge on any atom is -0.497 e. The zero-order chi connectivity index (χ0) is 15.7. The van der Waals surface area contributed by atoms with E-state index in [9.17, 15) is 4.79 Å². The molecule has 1 fully saturated rings. The summed E-state index contributed by atoms with van der Waals surface area (Å²) in [5.74, 6) is 1.45. The van der Waals surface area contributed by atoms with Crippen LogP contribution in [-0.4, -0.2) is 26.2 Å². The molecule has 2 aromatic carbocycles. The normalized spacial score (nSPS) is 20.5. The number of ether oxygens (including phenoxy) is 2. The van der Waals surface area contributed by atoms with Crippen molar-refractivity contribution in [3.8, 4) is 11.5 Å². The fraction of sp³-hybridized carbons (Fsp3) is 0.235. The van der Waals surface area contributed by atoms with Crippen LogP contribution < -0.4 is 20.1 Å². The quantitative estimate of drug-likeness (QED) is 0.878. The summed E-state index contributed by atoms with van der Waals surface area (Å²) in [6, 6.07) is 14.3. The minimum atomic E-state index is -0.518. The summed E-state index contributed by atoms with van der Waals surface area (Å²) in [6.07, 6.45) is 0. The van der Waals surface area contributed by atoms with E-state index in [4.69, 9.17) is 15.2 Å². The van der Waals surface area contributed by atoms with Crippen molar-refractivity contribution in [1.29, 1.82) is 0 Å². The van der Waals surface area contributed by atoms with Gasteiger partial charge in [0.2, 0.25) is 5.91 Å². The molecule has 1 saturated heterocycles. The predicted molar refractivity (Wildman–Crippen MR) is 84.2 cm³/mol. The van der Waals surface area contributed by atoms with Crippen molar-refractivity contribution in [2.75, 3.05) is 19.1 Å². The molecule has 2 unspecified atom stereocenters. The van der Waals surface area contributed by atoms with Gasteiger partial charge in [-0.25, -0.2) is 0 Å². The average Bonchev–Trinajstić information content (AvgIpc) is 2.59. The Morgan fingerprint density at radius 3 is 1.91 bits per heavy atom. The molecule has 1 heterocycles. The van der Waals surface area contributed by atoms with E-state index in [0.29, 0.717) is 0 Å². The van der Waals surface area contributed by atoms with Crippen molar-refractivity contribution in [1.82, 2.24) is 0 Å². The first-order chi connectivity index (χ1) is 10.7. The fourth-order valence-electron chi connectivity index (χ4n) is 2.70. The number of β-lactam (4-membered cyclic amide) rings is 1. The average molecular weight is 298 g/mol. The molecule has 0 saturated carbocycles. The predicted octanol–water partition coefficient (Wildman–Crippen LogP) is 2.12. The summed E-state index contributed by atoms with van der Waals surface area (Å²) in [7, 11) is 3.23. The van der Waals surface area contributed by atoms with Gasteiger partial charge in [0, 0.05) is 5.69 Å². The fourth-order valence-corrected chi connectivity index (χ4v) is 2.70. The van der Waals surface area contributed by atoms with Crippen LogP contribution in [0.4, 0.5) is 5.69 Å². The third-order valence-corrected chi connectivity index (χ3v) is 3.95. The number of amides is 1. The van der Waals surface area contributed by atoms with E-state index >= 15 is 0 Å². The van der Waals surface area contributed by atoms with E-state index in [0.717, 1.165) is 22.7 Å². The standard InChI is InChI=1S/C17H18N2O3/c1-21-13-7-3-11(4-8-13)16-15(18)17(20)19(16)12-5-9-14(22-2)10-6-12/h3-10,15-16H,18H2,1-2H3. The van der Waals surface area contributed by atoms with Crippen LogP contribution in [-0.2, 0) is 4.79 Å². The first-order valence-corrected chi connectivity index (χ1v) is 7.02. The highest BCUT2D eigenvalue weighted by Crippen LogP contribution is 2.39.